The SMILES string of the molecule is O=P(O)(O)OCOC1C(Sc2cncc(Br)c2)OC(CO)C(O)C1n1cc(-c2cc(F)c(Cl)c(F)c2)nn1. The molecule has 0 radical (unpaired) electrons. The lowest BCUT2D eigenvalue weighted by Crippen LogP contribution is -2.56. The molecule has 1 saturated heterocycles. The Bertz CT molecular complexity index is 1320. The molecule has 1 aliphatic heterocycles. The standard InChI is InChI=1S/C20H19BrClF2N4O8PS/c21-10-3-11(5-25-4-10)38-20-19(34-8-35-37(31,32)33)17(18(30)15(7-29)36-20)28-6-14(26-27-28)9-1-12(23)16(22)13(24)2-9/h1-6,15,17-20,29-30H,7-8H2,(H2,31,32,33). The number of thioether (sulfide) groups is 1. The summed E-state index contributed by atoms with van der Waals surface area (Å²) in [5.74, 6) is -2.03. The van der Waals surface area contributed by atoms with E-state index in [1.54, 1.807) is 12.3 Å². The molecule has 12 nitrogen and oxygen atoms in total. The molecule has 3 aromatic rings. The van der Waals surface area contributed by atoms with Crippen molar-refractivity contribution in [3.63, 3.8) is 0 Å². The highest BCUT2D eigenvalue weighted by molar-refractivity contribution is 9.10. The minimum atomic E-state index is -4.91. The third-order valence-electron chi connectivity index (χ3n) is 5.33. The van der Waals surface area contributed by atoms with Gasteiger partial charge in [-0.2, -0.15) is 0 Å². The number of benzene rings is 1. The van der Waals surface area contributed by atoms with Gasteiger partial charge in [0.1, 0.15) is 52.1 Å². The molecular formula is C20H19BrClF2N4O8PS. The summed E-state index contributed by atoms with van der Waals surface area (Å²) in [6.07, 6.45) is 0.544. The molecule has 1 aromatic carbocycles. The Labute approximate surface area is 231 Å². The molecule has 4 rings (SSSR count). The molecule has 0 spiro atoms. The minimum absolute atomic E-state index is 0.00402. The maximum atomic E-state index is 14.0. The smallest absolute Gasteiger partial charge is 0.394 e. The molecule has 5 unspecified atom stereocenters. The highest BCUT2D eigenvalue weighted by Crippen LogP contribution is 2.41. The Morgan fingerprint density at radius 2 is 1.95 bits per heavy atom. The third kappa shape index (κ3) is 6.95. The van der Waals surface area contributed by atoms with Gasteiger partial charge in [0.25, 0.3) is 0 Å². The fourth-order valence-electron chi connectivity index (χ4n) is 3.66. The second-order valence-electron chi connectivity index (χ2n) is 7.87. The molecule has 5 atom stereocenters. The number of aliphatic hydroxyl groups is 2. The van der Waals surface area contributed by atoms with Gasteiger partial charge < -0.3 is 29.5 Å². The van der Waals surface area contributed by atoms with Crippen molar-refractivity contribution in [2.24, 2.45) is 0 Å². The predicted molar refractivity (Wildman–Crippen MR) is 132 cm³/mol. The molecule has 0 saturated carbocycles. The average Bonchev–Trinajstić information content (AvgIpc) is 3.33. The maximum Gasteiger partial charge on any atom is 0.471 e. The number of hydrogen-bond donors (Lipinski definition) is 4. The number of aliphatic hydroxyl groups excluding tert-OH is 2. The van der Waals surface area contributed by atoms with E-state index in [0.717, 1.165) is 28.6 Å². The quantitative estimate of drug-likeness (QED) is 0.151. The number of hydrogen-bond acceptors (Lipinski definition) is 10. The van der Waals surface area contributed by atoms with Crippen molar-refractivity contribution in [3.05, 3.63) is 57.9 Å². The van der Waals surface area contributed by atoms with Crippen LogP contribution in [0.1, 0.15) is 6.04 Å². The maximum absolute atomic E-state index is 14.0. The van der Waals surface area contributed by atoms with Crippen LogP contribution in [0.25, 0.3) is 11.3 Å². The van der Waals surface area contributed by atoms with Crippen molar-refractivity contribution in [1.29, 1.82) is 0 Å². The van der Waals surface area contributed by atoms with Crippen LogP contribution in [0.2, 0.25) is 5.02 Å². The molecule has 2 aromatic heterocycles. The monoisotopic (exact) mass is 658 g/mol. The normalized spacial score (nSPS) is 24.1. The topological polar surface area (TPSA) is 169 Å². The molecule has 38 heavy (non-hydrogen) atoms. The minimum Gasteiger partial charge on any atom is -0.394 e. The number of phosphoric ester groups is 1. The van der Waals surface area contributed by atoms with E-state index in [2.05, 4.69) is 35.7 Å². The van der Waals surface area contributed by atoms with Crippen LogP contribution in [-0.2, 0) is 18.6 Å². The first-order valence-electron chi connectivity index (χ1n) is 10.6. The van der Waals surface area contributed by atoms with Gasteiger partial charge in [0, 0.05) is 27.3 Å². The summed E-state index contributed by atoms with van der Waals surface area (Å²) >= 11 is 9.95. The van der Waals surface area contributed by atoms with Crippen molar-refractivity contribution in [2.75, 3.05) is 13.4 Å². The van der Waals surface area contributed by atoms with Crippen LogP contribution < -0.4 is 0 Å². The molecule has 4 N–H and O–H groups in total. The largest absolute Gasteiger partial charge is 0.471 e. The Morgan fingerprint density at radius 1 is 1.24 bits per heavy atom. The molecule has 206 valence electrons. The number of halogens is 4. The number of phosphoric acid groups is 1. The number of pyridine rings is 1. The molecule has 3 heterocycles. The Morgan fingerprint density at radius 3 is 2.58 bits per heavy atom. The lowest BCUT2D eigenvalue weighted by atomic mass is 9.97. The van der Waals surface area contributed by atoms with Crippen molar-refractivity contribution in [1.82, 2.24) is 20.0 Å². The third-order valence-corrected chi connectivity index (χ3v) is 7.68. The van der Waals surface area contributed by atoms with Crippen LogP contribution in [0.4, 0.5) is 8.78 Å². The Hall–Kier alpha value is -1.56. The fraction of sp³-hybridized carbons (Fsp3) is 0.350. The van der Waals surface area contributed by atoms with Crippen LogP contribution in [-0.4, -0.2) is 77.1 Å². The van der Waals surface area contributed by atoms with E-state index in [1.165, 1.54) is 12.4 Å². The van der Waals surface area contributed by atoms with E-state index in [-0.39, 0.29) is 11.3 Å². The fourth-order valence-corrected chi connectivity index (χ4v) is 5.64. The molecule has 1 aliphatic rings. The van der Waals surface area contributed by atoms with E-state index >= 15 is 0 Å². The highest BCUT2D eigenvalue weighted by Gasteiger charge is 2.48. The summed E-state index contributed by atoms with van der Waals surface area (Å²) in [4.78, 5) is 22.8. The molecule has 0 bridgehead atoms. The first-order chi connectivity index (χ1) is 18.0. The number of aromatic nitrogens is 4. The zero-order valence-corrected chi connectivity index (χ0v) is 22.9. The molecule has 18 heteroatoms. The predicted octanol–water partition coefficient (Wildman–Crippen LogP) is 2.90. The van der Waals surface area contributed by atoms with E-state index in [4.69, 9.17) is 30.9 Å². The van der Waals surface area contributed by atoms with Gasteiger partial charge >= 0.3 is 7.82 Å². The summed E-state index contributed by atoms with van der Waals surface area (Å²) in [6.45, 7) is -1.50. The summed E-state index contributed by atoms with van der Waals surface area (Å²) in [7, 11) is -4.91. The van der Waals surface area contributed by atoms with Gasteiger partial charge in [-0.05, 0) is 34.1 Å². The first kappa shape index (κ1) is 29.4. The number of nitrogens with zero attached hydrogens (tertiary/aromatic N) is 4. The second kappa shape index (κ2) is 12.3. The number of rotatable bonds is 9. The zero-order valence-electron chi connectivity index (χ0n) is 18.8. The van der Waals surface area contributed by atoms with E-state index < -0.39 is 67.7 Å². The van der Waals surface area contributed by atoms with Crippen LogP contribution in [0, 0.1) is 11.6 Å². The van der Waals surface area contributed by atoms with Crippen molar-refractivity contribution < 1.29 is 47.3 Å². The lowest BCUT2D eigenvalue weighted by Gasteiger charge is -2.43. The molecular weight excluding hydrogens is 641 g/mol. The van der Waals surface area contributed by atoms with Gasteiger partial charge in [-0.3, -0.25) is 9.51 Å². The first-order valence-corrected chi connectivity index (χ1v) is 14.1. The van der Waals surface area contributed by atoms with Crippen LogP contribution in [0.3, 0.4) is 0 Å². The van der Waals surface area contributed by atoms with Gasteiger partial charge in [-0.15, -0.1) is 5.10 Å². The lowest BCUT2D eigenvalue weighted by molar-refractivity contribution is -0.207. The number of ether oxygens (including phenoxy) is 2. The van der Waals surface area contributed by atoms with Gasteiger partial charge in [-0.25, -0.2) is 18.0 Å². The summed E-state index contributed by atoms with van der Waals surface area (Å²) in [5.41, 5.74) is -0.969. The van der Waals surface area contributed by atoms with Crippen molar-refractivity contribution in [2.45, 2.75) is 34.7 Å². The zero-order chi connectivity index (χ0) is 27.6. The second-order valence-corrected chi connectivity index (χ2v) is 11.6. The summed E-state index contributed by atoms with van der Waals surface area (Å²) in [6, 6.07) is 2.46. The molecule has 0 aliphatic carbocycles. The van der Waals surface area contributed by atoms with E-state index in [9.17, 15) is 23.6 Å². The Balaban J connectivity index is 1.71. The Kier molecular flexibility index (Phi) is 9.53. The van der Waals surface area contributed by atoms with Gasteiger partial charge in [-0.1, -0.05) is 28.6 Å². The van der Waals surface area contributed by atoms with Gasteiger partial charge in [0.05, 0.1) is 12.8 Å². The van der Waals surface area contributed by atoms with Crippen LogP contribution in [0.15, 0.2) is 46.2 Å². The highest BCUT2D eigenvalue weighted by atomic mass is 79.9. The van der Waals surface area contributed by atoms with E-state index in [1.807, 2.05) is 0 Å². The van der Waals surface area contributed by atoms with E-state index in [0.29, 0.717) is 9.37 Å². The van der Waals surface area contributed by atoms with Crippen LogP contribution >= 0.6 is 47.1 Å². The molecule has 1 fully saturated rings. The van der Waals surface area contributed by atoms with Crippen LogP contribution in [0.5, 0.6) is 0 Å². The molecule has 0 amide bonds. The van der Waals surface area contributed by atoms with Crippen molar-refractivity contribution in [3.8, 4) is 11.3 Å². The summed E-state index contributed by atoms with van der Waals surface area (Å²) in [5, 5.41) is 28.1. The van der Waals surface area contributed by atoms with Gasteiger partial charge in [0.2, 0.25) is 0 Å². The summed E-state index contributed by atoms with van der Waals surface area (Å²) < 4.78 is 56.9. The van der Waals surface area contributed by atoms with Crippen molar-refractivity contribution >= 4 is 47.1 Å². The van der Waals surface area contributed by atoms with Gasteiger partial charge in [0.15, 0.2) is 6.79 Å². The average molecular weight is 660 g/mol.